The first-order valence-electron chi connectivity index (χ1n) is 13.2. The molecule has 9 heteroatoms. The molecule has 5 rings (SSSR count). The van der Waals surface area contributed by atoms with E-state index in [-0.39, 0.29) is 42.1 Å². The predicted octanol–water partition coefficient (Wildman–Crippen LogP) is 3.63. The Kier molecular flexibility index (Phi) is 7.60. The van der Waals surface area contributed by atoms with E-state index in [9.17, 15) is 19.2 Å². The summed E-state index contributed by atoms with van der Waals surface area (Å²) >= 11 is 1.46. The zero-order valence-corrected chi connectivity index (χ0v) is 22.0. The molecule has 0 spiro atoms. The van der Waals surface area contributed by atoms with Crippen LogP contribution < -0.4 is 5.32 Å². The van der Waals surface area contributed by atoms with Crippen LogP contribution in [0.4, 0.5) is 4.79 Å². The van der Waals surface area contributed by atoms with Crippen molar-refractivity contribution in [2.75, 3.05) is 32.7 Å². The Morgan fingerprint density at radius 2 is 1.78 bits per heavy atom. The highest BCUT2D eigenvalue weighted by atomic mass is 32.1. The van der Waals surface area contributed by atoms with Crippen LogP contribution >= 0.6 is 11.3 Å². The molecule has 0 saturated carbocycles. The summed E-state index contributed by atoms with van der Waals surface area (Å²) < 4.78 is 0. The number of carbonyl (C=O) groups excluding carboxylic acids is 4. The number of rotatable bonds is 7. The summed E-state index contributed by atoms with van der Waals surface area (Å²) in [7, 11) is 0. The van der Waals surface area contributed by atoms with Crippen LogP contribution in [0, 0.1) is 5.92 Å². The minimum atomic E-state index is -0.511. The van der Waals surface area contributed by atoms with E-state index in [0.29, 0.717) is 37.2 Å². The Balaban J connectivity index is 1.08. The van der Waals surface area contributed by atoms with Crippen LogP contribution in [0.15, 0.2) is 42.5 Å². The third kappa shape index (κ3) is 5.42. The monoisotopic (exact) mass is 522 g/mol. The Bertz CT molecular complexity index is 1160. The van der Waals surface area contributed by atoms with E-state index in [1.165, 1.54) is 11.3 Å². The van der Waals surface area contributed by atoms with Gasteiger partial charge in [-0.15, -0.1) is 11.3 Å². The number of carbonyl (C=O) groups is 4. The van der Waals surface area contributed by atoms with E-state index in [1.54, 1.807) is 9.80 Å². The first-order valence-corrected chi connectivity index (χ1v) is 14.0. The molecule has 1 aromatic carbocycles. The van der Waals surface area contributed by atoms with Crippen molar-refractivity contribution in [3.05, 3.63) is 47.3 Å². The van der Waals surface area contributed by atoms with Crippen LogP contribution in [-0.4, -0.2) is 83.1 Å². The summed E-state index contributed by atoms with van der Waals surface area (Å²) in [6.07, 6.45) is 3.66. The van der Waals surface area contributed by atoms with Gasteiger partial charge < -0.3 is 20.0 Å². The summed E-state index contributed by atoms with van der Waals surface area (Å²) in [6.45, 7) is 4.58. The molecule has 0 aliphatic carbocycles. The molecule has 3 aliphatic rings. The Morgan fingerprint density at radius 3 is 2.54 bits per heavy atom. The third-order valence-electron chi connectivity index (χ3n) is 7.70. The smallest absolute Gasteiger partial charge is 0.320 e. The number of nitrogens with one attached hydrogen (secondary N) is 1. The van der Waals surface area contributed by atoms with Crippen LogP contribution in [0.1, 0.15) is 48.7 Å². The van der Waals surface area contributed by atoms with Crippen molar-refractivity contribution in [1.29, 1.82) is 0 Å². The molecule has 37 heavy (non-hydrogen) atoms. The van der Waals surface area contributed by atoms with E-state index in [2.05, 4.69) is 5.32 Å². The van der Waals surface area contributed by atoms with Gasteiger partial charge in [-0.05, 0) is 49.3 Å². The highest BCUT2D eigenvalue weighted by Gasteiger charge is 2.52. The number of benzene rings is 1. The number of ketones is 1. The Hall–Kier alpha value is -3.20. The van der Waals surface area contributed by atoms with Gasteiger partial charge in [0.2, 0.25) is 5.91 Å². The molecule has 3 aliphatic heterocycles. The summed E-state index contributed by atoms with van der Waals surface area (Å²) in [6, 6.07) is 13.0. The average Bonchev–Trinajstić information content (AvgIpc) is 3.70. The quantitative estimate of drug-likeness (QED) is 0.601. The number of fused-ring (bicyclic) bond motifs is 1. The maximum Gasteiger partial charge on any atom is 0.320 e. The topological polar surface area (TPSA) is 90.0 Å². The van der Waals surface area contributed by atoms with Gasteiger partial charge in [0.25, 0.3) is 5.91 Å². The van der Waals surface area contributed by atoms with Crippen LogP contribution in [0.3, 0.4) is 0 Å². The van der Waals surface area contributed by atoms with Gasteiger partial charge in [-0.3, -0.25) is 14.4 Å². The molecule has 4 heterocycles. The summed E-state index contributed by atoms with van der Waals surface area (Å²) in [5.41, 5.74) is 1.09. The lowest BCUT2D eigenvalue weighted by molar-refractivity contribution is -0.137. The van der Waals surface area contributed by atoms with Crippen molar-refractivity contribution >= 4 is 35.0 Å². The standard InChI is InChI=1S/C28H34N4O4S/c1-19(11-13-29-27(35)24-10-9-23(37-24)20-7-3-2-4-8-20)17-25(34)31-16-12-21-26(31)22(33)18-32(21)28(36)30-14-5-6-15-30/h2-4,7-10,19,21,26H,5-6,11-18H2,1H3,(H,29,35). The van der Waals surface area contributed by atoms with Crippen molar-refractivity contribution < 1.29 is 19.2 Å². The molecule has 2 aromatic rings. The lowest BCUT2D eigenvalue weighted by Gasteiger charge is -2.28. The molecule has 3 saturated heterocycles. The van der Waals surface area contributed by atoms with Crippen molar-refractivity contribution in [2.24, 2.45) is 5.92 Å². The van der Waals surface area contributed by atoms with Gasteiger partial charge in [-0.1, -0.05) is 37.3 Å². The van der Waals surface area contributed by atoms with E-state index in [1.807, 2.05) is 54.3 Å². The molecule has 1 aromatic heterocycles. The number of likely N-dealkylation sites (tertiary alicyclic amines) is 3. The van der Waals surface area contributed by atoms with Gasteiger partial charge in [-0.25, -0.2) is 4.79 Å². The summed E-state index contributed by atoms with van der Waals surface area (Å²) in [5, 5.41) is 2.97. The molecule has 3 fully saturated rings. The molecular weight excluding hydrogens is 488 g/mol. The zero-order valence-electron chi connectivity index (χ0n) is 21.2. The fourth-order valence-corrected chi connectivity index (χ4v) is 6.63. The van der Waals surface area contributed by atoms with Gasteiger partial charge >= 0.3 is 6.03 Å². The number of hydrogen-bond donors (Lipinski definition) is 1. The second kappa shape index (κ2) is 11.0. The van der Waals surface area contributed by atoms with Gasteiger partial charge in [0.05, 0.1) is 17.5 Å². The number of urea groups is 1. The van der Waals surface area contributed by atoms with E-state index >= 15 is 0 Å². The summed E-state index contributed by atoms with van der Waals surface area (Å²) in [4.78, 5) is 58.3. The van der Waals surface area contributed by atoms with Gasteiger partial charge in [-0.2, -0.15) is 0 Å². The number of hydrogen-bond acceptors (Lipinski definition) is 5. The van der Waals surface area contributed by atoms with Gasteiger partial charge in [0.15, 0.2) is 5.78 Å². The molecule has 1 N–H and O–H groups in total. The molecule has 196 valence electrons. The van der Waals surface area contributed by atoms with E-state index in [0.717, 1.165) is 36.4 Å². The third-order valence-corrected chi connectivity index (χ3v) is 8.83. The first kappa shape index (κ1) is 25.4. The average molecular weight is 523 g/mol. The van der Waals surface area contributed by atoms with Crippen molar-refractivity contribution in [2.45, 2.75) is 51.1 Å². The molecule has 4 amide bonds. The van der Waals surface area contributed by atoms with Crippen LogP contribution in [0.25, 0.3) is 10.4 Å². The highest BCUT2D eigenvalue weighted by molar-refractivity contribution is 7.17. The Morgan fingerprint density at radius 1 is 1.03 bits per heavy atom. The molecule has 0 bridgehead atoms. The number of amides is 4. The lowest BCUT2D eigenvalue weighted by atomic mass is 10.0. The van der Waals surface area contributed by atoms with Crippen LogP contribution in [0.2, 0.25) is 0 Å². The molecular formula is C28H34N4O4S. The first-order chi connectivity index (χ1) is 17.9. The van der Waals surface area contributed by atoms with E-state index < -0.39 is 6.04 Å². The normalized spacial score (nSPS) is 21.9. The van der Waals surface area contributed by atoms with E-state index in [4.69, 9.17) is 0 Å². The van der Waals surface area contributed by atoms with Crippen molar-refractivity contribution in [3.8, 4) is 10.4 Å². The van der Waals surface area contributed by atoms with Crippen LogP contribution in [0.5, 0.6) is 0 Å². The SMILES string of the molecule is CC(CCNC(=O)c1ccc(-c2ccccc2)s1)CC(=O)N1CCC2C1C(=O)CN2C(=O)N1CCCC1. The second-order valence-corrected chi connectivity index (χ2v) is 11.4. The molecule has 0 radical (unpaired) electrons. The van der Waals surface area contributed by atoms with Crippen molar-refractivity contribution in [1.82, 2.24) is 20.0 Å². The largest absolute Gasteiger partial charge is 0.351 e. The molecule has 8 nitrogen and oxygen atoms in total. The fourth-order valence-electron chi connectivity index (χ4n) is 5.70. The second-order valence-electron chi connectivity index (χ2n) is 10.3. The highest BCUT2D eigenvalue weighted by Crippen LogP contribution is 2.32. The number of nitrogens with zero attached hydrogens (tertiary/aromatic N) is 3. The van der Waals surface area contributed by atoms with Gasteiger partial charge in [0.1, 0.15) is 6.04 Å². The maximum absolute atomic E-state index is 13.1. The van der Waals surface area contributed by atoms with Gasteiger partial charge in [0, 0.05) is 37.5 Å². The van der Waals surface area contributed by atoms with Crippen molar-refractivity contribution in [3.63, 3.8) is 0 Å². The van der Waals surface area contributed by atoms with Crippen LogP contribution in [-0.2, 0) is 9.59 Å². The number of Topliss-reactive ketones (excluding diaryl/α,β-unsaturated/α-hetero) is 1. The minimum absolute atomic E-state index is 0.0332. The zero-order chi connectivity index (χ0) is 25.9. The fraction of sp³-hybridized carbons (Fsp3) is 0.500. The number of thiophene rings is 1. The molecule has 3 atom stereocenters. The molecule has 3 unspecified atom stereocenters. The maximum atomic E-state index is 13.1. The lowest BCUT2D eigenvalue weighted by Crippen LogP contribution is -2.46. The predicted molar refractivity (Wildman–Crippen MR) is 142 cm³/mol. The summed E-state index contributed by atoms with van der Waals surface area (Å²) in [5.74, 6) is -0.114. The minimum Gasteiger partial charge on any atom is -0.351 e. The Labute approximate surface area is 221 Å².